The average Bonchev–Trinajstić information content (AvgIpc) is 2.40. The van der Waals surface area contributed by atoms with Gasteiger partial charge in [0.15, 0.2) is 11.5 Å². The van der Waals surface area contributed by atoms with Gasteiger partial charge < -0.3 is 9.84 Å². The van der Waals surface area contributed by atoms with Gasteiger partial charge in [0.25, 0.3) is 0 Å². The molecule has 2 aromatic carbocycles. The molecule has 4 nitrogen and oxygen atoms in total. The molecule has 0 aliphatic heterocycles. The standard InChI is InChI=1S/C15H13Br3N2O2/c1-8(2)22-14-7-10(3-4-13(14)21)19-20-15-11(17)5-9(16)6-12(15)18/h3-8,21H,1-2H3. The number of halogens is 3. The van der Waals surface area contributed by atoms with Gasteiger partial charge in [-0.2, -0.15) is 5.11 Å². The first-order valence-electron chi connectivity index (χ1n) is 6.43. The van der Waals surface area contributed by atoms with Gasteiger partial charge in [-0.1, -0.05) is 15.9 Å². The lowest BCUT2D eigenvalue weighted by molar-refractivity contribution is 0.232. The van der Waals surface area contributed by atoms with Gasteiger partial charge in [-0.3, -0.25) is 0 Å². The van der Waals surface area contributed by atoms with Gasteiger partial charge in [-0.15, -0.1) is 5.11 Å². The third-order valence-electron chi connectivity index (χ3n) is 2.55. The number of phenols is 1. The van der Waals surface area contributed by atoms with Crippen LogP contribution in [0.1, 0.15) is 13.8 Å². The molecule has 22 heavy (non-hydrogen) atoms. The maximum atomic E-state index is 9.77. The van der Waals surface area contributed by atoms with Crippen LogP contribution < -0.4 is 4.74 Å². The second kappa shape index (κ2) is 7.57. The Bertz CT molecular complexity index is 695. The Morgan fingerprint density at radius 2 is 1.64 bits per heavy atom. The third kappa shape index (κ3) is 4.54. The summed E-state index contributed by atoms with van der Waals surface area (Å²) in [6, 6.07) is 8.65. The van der Waals surface area contributed by atoms with E-state index in [0.717, 1.165) is 13.4 Å². The molecule has 1 N–H and O–H groups in total. The van der Waals surface area contributed by atoms with E-state index in [4.69, 9.17) is 4.74 Å². The first-order valence-corrected chi connectivity index (χ1v) is 8.80. The van der Waals surface area contributed by atoms with Crippen molar-refractivity contribution in [2.24, 2.45) is 10.2 Å². The normalized spacial score (nSPS) is 11.4. The van der Waals surface area contributed by atoms with Crippen LogP contribution in [0.25, 0.3) is 0 Å². The Kier molecular flexibility index (Phi) is 6.00. The van der Waals surface area contributed by atoms with Crippen LogP contribution in [-0.2, 0) is 0 Å². The maximum Gasteiger partial charge on any atom is 0.163 e. The van der Waals surface area contributed by atoms with Crippen molar-refractivity contribution in [3.63, 3.8) is 0 Å². The second-order valence-electron chi connectivity index (χ2n) is 4.74. The van der Waals surface area contributed by atoms with E-state index in [1.54, 1.807) is 12.1 Å². The minimum atomic E-state index is -0.0344. The van der Waals surface area contributed by atoms with Gasteiger partial charge in [0.1, 0.15) is 5.69 Å². The van der Waals surface area contributed by atoms with E-state index in [0.29, 0.717) is 17.1 Å². The van der Waals surface area contributed by atoms with Crippen LogP contribution in [0.2, 0.25) is 0 Å². The minimum Gasteiger partial charge on any atom is -0.504 e. The molecule has 0 atom stereocenters. The molecule has 2 rings (SSSR count). The second-order valence-corrected chi connectivity index (χ2v) is 7.36. The summed E-state index contributed by atoms with van der Waals surface area (Å²) in [6.07, 6.45) is -0.0344. The third-order valence-corrected chi connectivity index (χ3v) is 4.22. The smallest absolute Gasteiger partial charge is 0.163 e. The van der Waals surface area contributed by atoms with E-state index in [1.807, 2.05) is 26.0 Å². The molecule has 0 amide bonds. The fraction of sp³-hybridized carbons (Fsp3) is 0.200. The van der Waals surface area contributed by atoms with Crippen molar-refractivity contribution in [2.75, 3.05) is 0 Å². The fourth-order valence-electron chi connectivity index (χ4n) is 1.65. The van der Waals surface area contributed by atoms with E-state index in [-0.39, 0.29) is 11.9 Å². The van der Waals surface area contributed by atoms with Crippen LogP contribution in [0.3, 0.4) is 0 Å². The Balaban J connectivity index is 2.31. The largest absolute Gasteiger partial charge is 0.504 e. The zero-order valence-electron chi connectivity index (χ0n) is 11.8. The molecule has 116 valence electrons. The van der Waals surface area contributed by atoms with E-state index < -0.39 is 0 Å². The molecule has 0 saturated carbocycles. The number of phenolic OH excluding ortho intramolecular Hbond substituents is 1. The predicted octanol–water partition coefficient (Wildman–Crippen LogP) is 6.88. The Hall–Kier alpha value is -0.920. The van der Waals surface area contributed by atoms with Crippen LogP contribution in [0.4, 0.5) is 11.4 Å². The topological polar surface area (TPSA) is 54.2 Å². The number of ether oxygens (including phenoxy) is 1. The van der Waals surface area contributed by atoms with Crippen molar-refractivity contribution in [3.05, 3.63) is 43.7 Å². The summed E-state index contributed by atoms with van der Waals surface area (Å²) in [5, 5.41) is 18.2. The van der Waals surface area contributed by atoms with Crippen molar-refractivity contribution in [1.29, 1.82) is 0 Å². The molecule has 0 radical (unpaired) electrons. The summed E-state index contributed by atoms with van der Waals surface area (Å²) in [6.45, 7) is 3.79. The first kappa shape index (κ1) is 17.4. The van der Waals surface area contributed by atoms with Crippen LogP contribution in [-0.4, -0.2) is 11.2 Å². The number of aromatic hydroxyl groups is 1. The predicted molar refractivity (Wildman–Crippen MR) is 97.6 cm³/mol. The van der Waals surface area contributed by atoms with E-state index in [9.17, 15) is 5.11 Å². The van der Waals surface area contributed by atoms with Crippen LogP contribution >= 0.6 is 47.8 Å². The highest BCUT2D eigenvalue weighted by Gasteiger charge is 2.08. The SMILES string of the molecule is CC(C)Oc1cc(N=Nc2c(Br)cc(Br)cc2Br)ccc1O. The Labute approximate surface area is 154 Å². The number of azo groups is 1. The summed E-state index contributed by atoms with van der Waals surface area (Å²) in [4.78, 5) is 0. The van der Waals surface area contributed by atoms with Gasteiger partial charge in [0.2, 0.25) is 0 Å². The molecular formula is C15H13Br3N2O2. The molecule has 0 aromatic heterocycles. The molecule has 0 unspecified atom stereocenters. The number of hydrogen-bond donors (Lipinski definition) is 1. The van der Waals surface area contributed by atoms with Gasteiger partial charge >= 0.3 is 0 Å². The van der Waals surface area contributed by atoms with Gasteiger partial charge in [0.05, 0.1) is 11.8 Å². The molecule has 2 aromatic rings. The molecule has 0 fully saturated rings. The van der Waals surface area contributed by atoms with Crippen molar-refractivity contribution in [2.45, 2.75) is 20.0 Å². The van der Waals surface area contributed by atoms with Gasteiger partial charge in [-0.25, -0.2) is 0 Å². The van der Waals surface area contributed by atoms with Crippen LogP contribution in [0.15, 0.2) is 54.0 Å². The minimum absolute atomic E-state index is 0.0344. The summed E-state index contributed by atoms with van der Waals surface area (Å²) in [5.41, 5.74) is 1.28. The van der Waals surface area contributed by atoms with Crippen molar-refractivity contribution in [3.8, 4) is 11.5 Å². The Morgan fingerprint density at radius 3 is 2.23 bits per heavy atom. The zero-order chi connectivity index (χ0) is 16.3. The Morgan fingerprint density at radius 1 is 1.00 bits per heavy atom. The molecule has 0 saturated heterocycles. The van der Waals surface area contributed by atoms with Crippen molar-refractivity contribution in [1.82, 2.24) is 0 Å². The lowest BCUT2D eigenvalue weighted by Gasteiger charge is -2.11. The lowest BCUT2D eigenvalue weighted by atomic mass is 10.3. The number of hydrogen-bond acceptors (Lipinski definition) is 4. The highest BCUT2D eigenvalue weighted by molar-refractivity contribution is 9.11. The van der Waals surface area contributed by atoms with Gasteiger partial charge in [0, 0.05) is 19.5 Å². The highest BCUT2D eigenvalue weighted by Crippen LogP contribution is 2.38. The monoisotopic (exact) mass is 490 g/mol. The van der Waals surface area contributed by atoms with E-state index in [1.165, 1.54) is 6.07 Å². The number of rotatable bonds is 4. The molecule has 0 spiro atoms. The van der Waals surface area contributed by atoms with E-state index >= 15 is 0 Å². The van der Waals surface area contributed by atoms with Crippen LogP contribution in [0, 0.1) is 0 Å². The number of nitrogens with zero attached hydrogens (tertiary/aromatic N) is 2. The molecule has 0 bridgehead atoms. The summed E-state index contributed by atoms with van der Waals surface area (Å²) in [5.74, 6) is 0.471. The molecule has 7 heteroatoms. The molecular weight excluding hydrogens is 480 g/mol. The molecule has 0 aliphatic rings. The lowest BCUT2D eigenvalue weighted by Crippen LogP contribution is -2.05. The fourth-order valence-corrected chi connectivity index (χ4v) is 4.07. The average molecular weight is 493 g/mol. The van der Waals surface area contributed by atoms with Crippen LogP contribution in [0.5, 0.6) is 11.5 Å². The maximum absolute atomic E-state index is 9.77. The van der Waals surface area contributed by atoms with E-state index in [2.05, 4.69) is 58.0 Å². The first-order chi connectivity index (χ1) is 10.4. The molecule has 0 aliphatic carbocycles. The summed E-state index contributed by atoms with van der Waals surface area (Å²) in [7, 11) is 0. The zero-order valence-corrected chi connectivity index (χ0v) is 16.6. The summed E-state index contributed by atoms with van der Waals surface area (Å²) < 4.78 is 8.09. The quantitative estimate of drug-likeness (QED) is 0.473. The summed E-state index contributed by atoms with van der Waals surface area (Å²) >= 11 is 10.3. The van der Waals surface area contributed by atoms with Gasteiger partial charge in [-0.05, 0) is 70.0 Å². The molecule has 0 heterocycles. The van der Waals surface area contributed by atoms with Crippen molar-refractivity contribution >= 4 is 59.2 Å². The number of benzene rings is 2. The highest BCUT2D eigenvalue weighted by atomic mass is 79.9. The van der Waals surface area contributed by atoms with Crippen molar-refractivity contribution < 1.29 is 9.84 Å².